The van der Waals surface area contributed by atoms with Gasteiger partial charge in [0.2, 0.25) is 0 Å². The predicted octanol–water partition coefficient (Wildman–Crippen LogP) is 4.19. The minimum absolute atomic E-state index is 0.00398. The van der Waals surface area contributed by atoms with E-state index in [1.807, 2.05) is 19.1 Å². The van der Waals surface area contributed by atoms with Crippen LogP contribution in [0, 0.1) is 6.92 Å². The second kappa shape index (κ2) is 9.70. The van der Waals surface area contributed by atoms with Crippen LogP contribution in [0.25, 0.3) is 5.76 Å². The highest BCUT2D eigenvalue weighted by atomic mass is 16.5. The number of aromatic nitrogens is 1. The molecule has 0 bridgehead atoms. The fourth-order valence-corrected chi connectivity index (χ4v) is 3.91. The topological polar surface area (TPSA) is 96.8 Å². The Morgan fingerprint density at radius 3 is 2.29 bits per heavy atom. The highest BCUT2D eigenvalue weighted by Crippen LogP contribution is 2.39. The molecule has 1 N–H and O–H groups in total. The number of benzene rings is 2. The molecule has 2 heterocycles. The van der Waals surface area contributed by atoms with E-state index in [2.05, 4.69) is 4.98 Å². The third-order valence-corrected chi connectivity index (χ3v) is 5.65. The Balaban J connectivity index is 1.74. The number of nitrogens with zero attached hydrogens (tertiary/aromatic N) is 2. The highest BCUT2D eigenvalue weighted by Gasteiger charge is 2.46. The lowest BCUT2D eigenvalue weighted by Crippen LogP contribution is -2.29. The molecule has 2 aromatic carbocycles. The van der Waals surface area contributed by atoms with E-state index in [1.54, 1.807) is 67.7 Å². The Kier molecular flexibility index (Phi) is 6.54. The number of aliphatic hydroxyl groups is 1. The van der Waals surface area contributed by atoms with Gasteiger partial charge < -0.3 is 14.7 Å². The first kappa shape index (κ1) is 22.9. The fraction of sp³-hybridized carbons (Fsp3) is 0.185. The van der Waals surface area contributed by atoms with Crippen molar-refractivity contribution in [3.8, 4) is 0 Å². The summed E-state index contributed by atoms with van der Waals surface area (Å²) in [6, 6.07) is 18.1. The number of hydrogen-bond donors (Lipinski definition) is 1. The molecule has 1 atom stereocenters. The summed E-state index contributed by atoms with van der Waals surface area (Å²) in [7, 11) is 0. The summed E-state index contributed by atoms with van der Waals surface area (Å²) in [5.74, 6) is -2.16. The van der Waals surface area contributed by atoms with Crippen LogP contribution in [0.2, 0.25) is 0 Å². The summed E-state index contributed by atoms with van der Waals surface area (Å²) in [4.78, 5) is 43.9. The number of aryl methyl sites for hydroxylation is 1. The van der Waals surface area contributed by atoms with Crippen molar-refractivity contribution >= 4 is 23.4 Å². The number of Topliss-reactive ketones (excluding diaryl/α,β-unsaturated/α-hetero) is 1. The molecular formula is C27H24N2O5. The number of esters is 1. The summed E-state index contributed by atoms with van der Waals surface area (Å²) in [6.45, 7) is 4.02. The highest BCUT2D eigenvalue weighted by molar-refractivity contribution is 6.46. The molecule has 4 rings (SSSR count). The van der Waals surface area contributed by atoms with Crippen molar-refractivity contribution in [2.24, 2.45) is 0 Å². The minimum Gasteiger partial charge on any atom is -0.507 e. The molecule has 1 saturated heterocycles. The molecule has 0 saturated carbocycles. The van der Waals surface area contributed by atoms with Crippen LogP contribution in [0.4, 0.5) is 0 Å². The van der Waals surface area contributed by atoms with Gasteiger partial charge in [-0.05, 0) is 43.7 Å². The number of aliphatic hydroxyl groups excluding tert-OH is 1. The van der Waals surface area contributed by atoms with E-state index in [9.17, 15) is 19.5 Å². The number of ketones is 1. The summed E-state index contributed by atoms with van der Waals surface area (Å²) >= 11 is 0. The van der Waals surface area contributed by atoms with Crippen LogP contribution >= 0.6 is 0 Å². The zero-order chi connectivity index (χ0) is 24.2. The Hall–Kier alpha value is -4.26. The molecule has 1 unspecified atom stereocenters. The average molecular weight is 456 g/mol. The quantitative estimate of drug-likeness (QED) is 0.259. The van der Waals surface area contributed by atoms with Gasteiger partial charge in [0.15, 0.2) is 0 Å². The van der Waals surface area contributed by atoms with Gasteiger partial charge in [0.05, 0.1) is 23.4 Å². The normalized spacial score (nSPS) is 17.1. The van der Waals surface area contributed by atoms with Gasteiger partial charge in [-0.2, -0.15) is 0 Å². The average Bonchev–Trinajstić information content (AvgIpc) is 3.10. The third kappa shape index (κ3) is 4.45. The van der Waals surface area contributed by atoms with E-state index in [4.69, 9.17) is 4.74 Å². The SMILES string of the molecule is CCOC(=O)c1ccc(CN2C(=O)C(=O)/C(=C(/O)c3ccc(C)cc3)C2c2ccccn2)cc1. The molecule has 172 valence electrons. The molecule has 1 aromatic heterocycles. The second-order valence-corrected chi connectivity index (χ2v) is 7.97. The Morgan fingerprint density at radius 1 is 1.00 bits per heavy atom. The lowest BCUT2D eigenvalue weighted by Gasteiger charge is -2.24. The maximum absolute atomic E-state index is 13.1. The Bertz CT molecular complexity index is 1250. The zero-order valence-electron chi connectivity index (χ0n) is 18.9. The van der Waals surface area contributed by atoms with Gasteiger partial charge in [-0.15, -0.1) is 0 Å². The van der Waals surface area contributed by atoms with Crippen molar-refractivity contribution in [2.45, 2.75) is 26.4 Å². The first-order valence-electron chi connectivity index (χ1n) is 10.9. The molecule has 7 heteroatoms. The Labute approximate surface area is 197 Å². The van der Waals surface area contributed by atoms with Crippen LogP contribution in [-0.2, 0) is 20.9 Å². The first-order chi connectivity index (χ1) is 16.4. The molecule has 0 spiro atoms. The molecule has 1 amide bonds. The van der Waals surface area contributed by atoms with Gasteiger partial charge in [0.25, 0.3) is 11.7 Å². The monoisotopic (exact) mass is 456 g/mol. The van der Waals surface area contributed by atoms with Crippen molar-refractivity contribution in [1.29, 1.82) is 0 Å². The summed E-state index contributed by atoms with van der Waals surface area (Å²) in [5, 5.41) is 11.1. The molecule has 1 aliphatic rings. The zero-order valence-corrected chi connectivity index (χ0v) is 18.9. The number of ether oxygens (including phenoxy) is 1. The lowest BCUT2D eigenvalue weighted by molar-refractivity contribution is -0.140. The molecule has 34 heavy (non-hydrogen) atoms. The maximum atomic E-state index is 13.1. The third-order valence-electron chi connectivity index (χ3n) is 5.65. The van der Waals surface area contributed by atoms with E-state index in [-0.39, 0.29) is 24.5 Å². The maximum Gasteiger partial charge on any atom is 0.338 e. The number of likely N-dealkylation sites (tertiary alicyclic amines) is 1. The number of rotatable bonds is 6. The van der Waals surface area contributed by atoms with Gasteiger partial charge in [0.1, 0.15) is 11.8 Å². The summed E-state index contributed by atoms with van der Waals surface area (Å²) in [6.07, 6.45) is 1.58. The second-order valence-electron chi connectivity index (χ2n) is 7.97. The van der Waals surface area contributed by atoms with E-state index in [0.29, 0.717) is 22.4 Å². The van der Waals surface area contributed by atoms with E-state index in [0.717, 1.165) is 5.56 Å². The molecular weight excluding hydrogens is 432 g/mol. The first-order valence-corrected chi connectivity index (χ1v) is 10.9. The smallest absolute Gasteiger partial charge is 0.338 e. The van der Waals surface area contributed by atoms with E-state index in [1.165, 1.54) is 4.90 Å². The van der Waals surface area contributed by atoms with Gasteiger partial charge in [-0.3, -0.25) is 14.6 Å². The van der Waals surface area contributed by atoms with Crippen LogP contribution in [0.5, 0.6) is 0 Å². The lowest BCUT2D eigenvalue weighted by atomic mass is 9.97. The van der Waals surface area contributed by atoms with Crippen LogP contribution in [0.1, 0.15) is 45.7 Å². The molecule has 3 aromatic rings. The number of hydrogen-bond acceptors (Lipinski definition) is 6. The van der Waals surface area contributed by atoms with Gasteiger partial charge >= 0.3 is 5.97 Å². The molecule has 0 aliphatic carbocycles. The summed E-state index contributed by atoms with van der Waals surface area (Å²) < 4.78 is 5.01. The number of amides is 1. The molecule has 0 radical (unpaired) electrons. The number of pyridine rings is 1. The van der Waals surface area contributed by atoms with Crippen LogP contribution in [0.3, 0.4) is 0 Å². The van der Waals surface area contributed by atoms with E-state index >= 15 is 0 Å². The van der Waals surface area contributed by atoms with Crippen molar-refractivity contribution in [3.05, 3.63) is 106 Å². The van der Waals surface area contributed by atoms with E-state index < -0.39 is 23.7 Å². The summed E-state index contributed by atoms with van der Waals surface area (Å²) in [5.41, 5.74) is 3.03. The molecule has 7 nitrogen and oxygen atoms in total. The fourth-order valence-electron chi connectivity index (χ4n) is 3.91. The van der Waals surface area contributed by atoms with Gasteiger partial charge in [0, 0.05) is 18.3 Å². The van der Waals surface area contributed by atoms with Crippen LogP contribution < -0.4 is 0 Å². The van der Waals surface area contributed by atoms with Crippen molar-refractivity contribution < 1.29 is 24.2 Å². The van der Waals surface area contributed by atoms with Crippen molar-refractivity contribution in [3.63, 3.8) is 0 Å². The number of carbonyl (C=O) groups is 3. The largest absolute Gasteiger partial charge is 0.507 e. The van der Waals surface area contributed by atoms with Gasteiger partial charge in [-0.25, -0.2) is 4.79 Å². The van der Waals surface area contributed by atoms with Crippen LogP contribution in [0.15, 0.2) is 78.5 Å². The standard InChI is InChI=1S/C27H24N2O5/c1-3-34-27(33)20-13-9-18(10-14-20)16-29-23(21-6-4-5-15-28-21)22(25(31)26(29)32)24(30)19-11-7-17(2)8-12-19/h4-15,23,30H,3,16H2,1-2H3/b24-22+. The van der Waals surface area contributed by atoms with Crippen molar-refractivity contribution in [1.82, 2.24) is 9.88 Å². The van der Waals surface area contributed by atoms with Crippen LogP contribution in [-0.4, -0.2) is 39.3 Å². The van der Waals surface area contributed by atoms with Gasteiger partial charge in [-0.1, -0.05) is 48.0 Å². The number of carbonyl (C=O) groups excluding carboxylic acids is 3. The minimum atomic E-state index is -0.854. The Morgan fingerprint density at radius 2 is 1.68 bits per heavy atom. The predicted molar refractivity (Wildman–Crippen MR) is 126 cm³/mol. The molecule has 1 aliphatic heterocycles. The molecule has 1 fully saturated rings. The van der Waals surface area contributed by atoms with Crippen molar-refractivity contribution in [2.75, 3.05) is 6.61 Å².